The Kier molecular flexibility index (Phi) is 6.54. The summed E-state index contributed by atoms with van der Waals surface area (Å²) in [5, 5.41) is 3.20. The molecule has 1 aliphatic heterocycles. The van der Waals surface area contributed by atoms with Gasteiger partial charge in [-0.25, -0.2) is 4.79 Å². The first kappa shape index (κ1) is 22.0. The molecule has 1 N–H and O–H groups in total. The fourth-order valence-electron chi connectivity index (χ4n) is 3.62. The molecule has 1 heterocycles. The van der Waals surface area contributed by atoms with Crippen LogP contribution in [0.25, 0.3) is 6.08 Å². The van der Waals surface area contributed by atoms with Crippen LogP contribution in [0.5, 0.6) is 0 Å². The molecule has 1 aromatic carbocycles. The molecule has 0 fully saturated rings. The van der Waals surface area contributed by atoms with E-state index in [1.165, 1.54) is 14.2 Å². The van der Waals surface area contributed by atoms with Crippen molar-refractivity contribution >= 4 is 26.1 Å². The molecule has 0 saturated carbocycles. The van der Waals surface area contributed by atoms with Gasteiger partial charge in [-0.15, -0.1) is 0 Å². The fourth-order valence-corrected chi connectivity index (χ4v) is 4.30. The van der Waals surface area contributed by atoms with Crippen molar-refractivity contribution in [3.8, 4) is 0 Å². The van der Waals surface area contributed by atoms with Crippen LogP contribution in [0, 0.1) is 5.41 Å². The second-order valence-corrected chi connectivity index (χ2v) is 13.6. The van der Waals surface area contributed by atoms with Gasteiger partial charge in [-0.2, -0.15) is 0 Å². The van der Waals surface area contributed by atoms with E-state index in [0.717, 1.165) is 16.8 Å². The van der Waals surface area contributed by atoms with Crippen molar-refractivity contribution < 1.29 is 19.1 Å². The topological polar surface area (TPSA) is 64.6 Å². The van der Waals surface area contributed by atoms with Gasteiger partial charge in [-0.1, -0.05) is 55.7 Å². The van der Waals surface area contributed by atoms with E-state index in [-0.39, 0.29) is 5.97 Å². The summed E-state index contributed by atoms with van der Waals surface area (Å²) < 4.78 is 10.2. The van der Waals surface area contributed by atoms with Gasteiger partial charge in [-0.3, -0.25) is 4.79 Å². The molecule has 0 aromatic heterocycles. The highest BCUT2D eigenvalue weighted by atomic mass is 28.3. The number of benzene rings is 1. The van der Waals surface area contributed by atoms with Gasteiger partial charge >= 0.3 is 11.9 Å². The van der Waals surface area contributed by atoms with Crippen LogP contribution in [0.2, 0.25) is 19.6 Å². The van der Waals surface area contributed by atoms with Crippen LogP contribution in [0.4, 0.5) is 0 Å². The number of nitrogens with one attached hydrogen (secondary N) is 1. The van der Waals surface area contributed by atoms with Gasteiger partial charge in [0.25, 0.3) is 0 Å². The molecule has 0 saturated heterocycles. The molecule has 0 bridgehead atoms. The van der Waals surface area contributed by atoms with Gasteiger partial charge in [0.15, 0.2) is 0 Å². The highest BCUT2D eigenvalue weighted by molar-refractivity contribution is 6.81. The van der Waals surface area contributed by atoms with Gasteiger partial charge < -0.3 is 14.8 Å². The second kappa shape index (κ2) is 8.35. The van der Waals surface area contributed by atoms with Gasteiger partial charge in [0.05, 0.1) is 33.3 Å². The van der Waals surface area contributed by atoms with Crippen molar-refractivity contribution in [1.82, 2.24) is 5.32 Å². The third-order valence-corrected chi connectivity index (χ3v) is 6.34. The van der Waals surface area contributed by atoms with Crippen molar-refractivity contribution in [1.29, 1.82) is 0 Å². The number of carbonyl (C=O) groups is 2. The lowest BCUT2D eigenvalue weighted by molar-refractivity contribution is -0.153. The molecular weight excluding hydrogens is 370 g/mol. The van der Waals surface area contributed by atoms with Crippen molar-refractivity contribution in [2.45, 2.75) is 39.4 Å². The van der Waals surface area contributed by atoms with E-state index in [1.807, 2.05) is 38.1 Å². The van der Waals surface area contributed by atoms with E-state index in [0.29, 0.717) is 12.1 Å². The Labute approximate surface area is 168 Å². The summed E-state index contributed by atoms with van der Waals surface area (Å²) in [4.78, 5) is 25.5. The molecule has 0 radical (unpaired) electrons. The summed E-state index contributed by atoms with van der Waals surface area (Å²) in [7, 11) is 1.32. The van der Waals surface area contributed by atoms with Crippen LogP contribution in [-0.2, 0) is 19.1 Å². The molecule has 1 aromatic rings. The molecule has 5 nitrogen and oxygen atoms in total. The van der Waals surface area contributed by atoms with Crippen molar-refractivity contribution in [2.24, 2.45) is 5.41 Å². The Morgan fingerprint density at radius 1 is 1.18 bits per heavy atom. The van der Waals surface area contributed by atoms with Gasteiger partial charge in [0, 0.05) is 18.2 Å². The number of rotatable bonds is 5. The molecule has 28 heavy (non-hydrogen) atoms. The summed E-state index contributed by atoms with van der Waals surface area (Å²) >= 11 is 0. The lowest BCUT2D eigenvalue weighted by atomic mass is 9.66. The predicted octanol–water partition coefficient (Wildman–Crippen LogP) is 3.89. The monoisotopic (exact) mass is 401 g/mol. The molecule has 2 rings (SSSR count). The maximum Gasteiger partial charge on any atom is 0.336 e. The number of hydrogen-bond acceptors (Lipinski definition) is 5. The summed E-state index contributed by atoms with van der Waals surface area (Å²) in [5.74, 6) is -1.27. The number of methoxy groups -OCH3 is 2. The minimum atomic E-state index is -1.42. The lowest BCUT2D eigenvalue weighted by Gasteiger charge is -2.41. The summed E-state index contributed by atoms with van der Waals surface area (Å²) in [6.07, 6.45) is 2.12. The fraction of sp³-hybridized carbons (Fsp3) is 0.455. The van der Waals surface area contributed by atoms with E-state index in [1.54, 1.807) is 0 Å². The van der Waals surface area contributed by atoms with E-state index < -0.39 is 25.4 Å². The smallest absolute Gasteiger partial charge is 0.336 e. The second-order valence-electron chi connectivity index (χ2n) is 8.55. The van der Waals surface area contributed by atoms with E-state index in [4.69, 9.17) is 9.47 Å². The quantitative estimate of drug-likeness (QED) is 0.599. The molecule has 6 heteroatoms. The SMILES string of the molecule is COC(=O)C1=C(C)NCC(C)(C(=O)OC)C1c1ccccc1/C=C/[Si](C)(C)C. The van der Waals surface area contributed by atoms with Crippen LogP contribution < -0.4 is 5.32 Å². The van der Waals surface area contributed by atoms with E-state index in [2.05, 4.69) is 36.7 Å². The van der Waals surface area contributed by atoms with Crippen LogP contribution in [0.1, 0.15) is 30.9 Å². The average molecular weight is 402 g/mol. The number of carbonyl (C=O) groups excluding carboxylic acids is 2. The van der Waals surface area contributed by atoms with Crippen molar-refractivity contribution in [2.75, 3.05) is 20.8 Å². The van der Waals surface area contributed by atoms with Crippen molar-refractivity contribution in [3.05, 3.63) is 52.4 Å². The zero-order valence-electron chi connectivity index (χ0n) is 17.9. The zero-order chi connectivity index (χ0) is 21.1. The zero-order valence-corrected chi connectivity index (χ0v) is 18.9. The van der Waals surface area contributed by atoms with Gasteiger partial charge in [0.1, 0.15) is 0 Å². The Bertz CT molecular complexity index is 822. The largest absolute Gasteiger partial charge is 0.469 e. The molecule has 2 atom stereocenters. The minimum Gasteiger partial charge on any atom is -0.469 e. The van der Waals surface area contributed by atoms with E-state index in [9.17, 15) is 9.59 Å². The summed E-state index contributed by atoms with van der Waals surface area (Å²) in [6.45, 7) is 10.8. The standard InChI is InChI=1S/C22H31NO4Si/c1-15-18(20(24)26-3)19(22(2,14-23-15)21(25)27-4)17-11-9-8-10-16(17)12-13-28(5,6)7/h8-13,19,23H,14H2,1-7H3/b13-12+. The van der Waals surface area contributed by atoms with Crippen LogP contribution in [0.15, 0.2) is 41.2 Å². The summed E-state index contributed by atoms with van der Waals surface area (Å²) in [6, 6.07) is 7.91. The highest BCUT2D eigenvalue weighted by Crippen LogP contribution is 2.47. The summed E-state index contributed by atoms with van der Waals surface area (Å²) in [5.41, 5.74) is 4.43. The maximum absolute atomic E-state index is 12.8. The Morgan fingerprint density at radius 2 is 1.82 bits per heavy atom. The number of hydrogen-bond donors (Lipinski definition) is 1. The Hall–Kier alpha value is -2.34. The first-order valence-electron chi connectivity index (χ1n) is 9.44. The number of esters is 2. The lowest BCUT2D eigenvalue weighted by Crippen LogP contribution is -2.49. The molecule has 0 aliphatic carbocycles. The van der Waals surface area contributed by atoms with Gasteiger partial charge in [0.2, 0.25) is 0 Å². The van der Waals surface area contributed by atoms with Crippen LogP contribution in [0.3, 0.4) is 0 Å². The minimum absolute atomic E-state index is 0.358. The molecule has 2 unspecified atom stereocenters. The third kappa shape index (κ3) is 4.38. The molecule has 152 valence electrons. The van der Waals surface area contributed by atoms with E-state index >= 15 is 0 Å². The first-order valence-corrected chi connectivity index (χ1v) is 13.0. The normalized spacial score (nSPS) is 22.8. The van der Waals surface area contributed by atoms with Crippen LogP contribution in [-0.4, -0.2) is 40.8 Å². The Morgan fingerprint density at radius 3 is 2.39 bits per heavy atom. The number of allylic oxidation sites excluding steroid dienone is 1. The maximum atomic E-state index is 12.8. The van der Waals surface area contributed by atoms with Crippen LogP contribution >= 0.6 is 0 Å². The molecule has 0 spiro atoms. The van der Waals surface area contributed by atoms with Gasteiger partial charge in [-0.05, 0) is 25.0 Å². The van der Waals surface area contributed by atoms with Crippen molar-refractivity contribution in [3.63, 3.8) is 0 Å². The highest BCUT2D eigenvalue weighted by Gasteiger charge is 2.50. The number of ether oxygens (including phenoxy) is 2. The molecular formula is C22H31NO4Si. The average Bonchev–Trinajstić information content (AvgIpc) is 2.66. The third-order valence-electron chi connectivity index (χ3n) is 5.18. The predicted molar refractivity (Wildman–Crippen MR) is 114 cm³/mol. The first-order chi connectivity index (χ1) is 13.0. The molecule has 0 amide bonds. The molecule has 1 aliphatic rings. The Balaban J connectivity index is 2.75.